The normalized spacial score (nSPS) is 11.6. The van der Waals surface area contributed by atoms with E-state index in [1.807, 2.05) is 20.8 Å². The van der Waals surface area contributed by atoms with Gasteiger partial charge in [0.25, 0.3) is 0 Å². The lowest BCUT2D eigenvalue weighted by molar-refractivity contribution is -0.154. The molecule has 5 nitrogen and oxygen atoms in total. The first kappa shape index (κ1) is 24.2. The predicted molar refractivity (Wildman–Crippen MR) is 117 cm³/mol. The topological polar surface area (TPSA) is 62.7 Å². The molecule has 0 atom stereocenters. The van der Waals surface area contributed by atoms with E-state index < -0.39 is 0 Å². The molecule has 0 unspecified atom stereocenters. The van der Waals surface area contributed by atoms with Crippen LogP contribution in [0.15, 0.2) is 22.5 Å². The van der Waals surface area contributed by atoms with Crippen molar-refractivity contribution < 1.29 is 9.53 Å². The summed E-state index contributed by atoms with van der Waals surface area (Å²) in [7, 11) is 1.78. The van der Waals surface area contributed by atoms with Crippen molar-refractivity contribution in [1.29, 1.82) is 0 Å². The Labute approximate surface area is 173 Å². The molecule has 144 valence electrons. The first-order valence-electron chi connectivity index (χ1n) is 8.59. The van der Waals surface area contributed by atoms with Gasteiger partial charge in [-0.3, -0.25) is 9.79 Å². The number of halogens is 1. The van der Waals surface area contributed by atoms with Gasteiger partial charge in [-0.1, -0.05) is 18.9 Å². The number of esters is 1. The molecule has 0 saturated carbocycles. The van der Waals surface area contributed by atoms with Crippen LogP contribution in [-0.2, 0) is 16.1 Å². The van der Waals surface area contributed by atoms with E-state index in [1.54, 1.807) is 18.4 Å². The summed E-state index contributed by atoms with van der Waals surface area (Å²) < 4.78 is 5.29. The van der Waals surface area contributed by atoms with Crippen molar-refractivity contribution in [1.82, 2.24) is 10.6 Å². The van der Waals surface area contributed by atoms with Crippen LogP contribution >= 0.6 is 35.3 Å². The minimum absolute atomic E-state index is 0. The molecule has 0 aliphatic rings. The maximum Gasteiger partial charge on any atom is 0.306 e. The summed E-state index contributed by atoms with van der Waals surface area (Å²) in [6.45, 7) is 7.38. The molecule has 0 saturated heterocycles. The monoisotopic (exact) mass is 481 g/mol. The minimum atomic E-state index is -0.382. The van der Waals surface area contributed by atoms with E-state index in [-0.39, 0.29) is 35.5 Å². The molecular formula is C18H32IN3O2S. The number of unbranched alkanes of at least 4 members (excludes halogenated alkanes) is 3. The first-order valence-corrected chi connectivity index (χ1v) is 9.47. The highest BCUT2D eigenvalue weighted by atomic mass is 127. The molecule has 0 aliphatic carbocycles. The maximum atomic E-state index is 11.6. The molecular weight excluding hydrogens is 449 g/mol. The highest BCUT2D eigenvalue weighted by Crippen LogP contribution is 2.11. The Morgan fingerprint density at radius 3 is 2.52 bits per heavy atom. The summed E-state index contributed by atoms with van der Waals surface area (Å²) >= 11 is 1.74. The fourth-order valence-corrected chi connectivity index (χ4v) is 2.80. The maximum absolute atomic E-state index is 11.6. The van der Waals surface area contributed by atoms with Crippen molar-refractivity contribution in [3.63, 3.8) is 0 Å². The summed E-state index contributed by atoms with van der Waals surface area (Å²) in [5.41, 5.74) is -0.382. The Morgan fingerprint density at radius 1 is 1.20 bits per heavy atom. The van der Waals surface area contributed by atoms with Crippen LogP contribution in [-0.4, -0.2) is 31.1 Å². The highest BCUT2D eigenvalue weighted by Gasteiger charge is 2.15. The number of guanidine groups is 1. The van der Waals surface area contributed by atoms with E-state index in [2.05, 4.69) is 33.1 Å². The summed E-state index contributed by atoms with van der Waals surface area (Å²) in [4.78, 5) is 17.1. The molecule has 0 amide bonds. The molecule has 0 bridgehead atoms. The van der Waals surface area contributed by atoms with Crippen molar-refractivity contribution in [3.8, 4) is 0 Å². The number of carbonyl (C=O) groups is 1. The van der Waals surface area contributed by atoms with E-state index in [9.17, 15) is 4.79 Å². The van der Waals surface area contributed by atoms with Gasteiger partial charge in [-0.2, -0.15) is 0 Å². The number of rotatable bonds is 9. The van der Waals surface area contributed by atoms with E-state index in [0.29, 0.717) is 6.42 Å². The number of aliphatic imine (C=N–C) groups is 1. The summed E-state index contributed by atoms with van der Waals surface area (Å²) in [6, 6.07) is 4.16. The molecule has 0 fully saturated rings. The molecule has 1 aromatic heterocycles. The number of hydrogen-bond acceptors (Lipinski definition) is 4. The summed E-state index contributed by atoms with van der Waals surface area (Å²) in [6.07, 6.45) is 4.60. The summed E-state index contributed by atoms with van der Waals surface area (Å²) in [5, 5.41) is 8.69. The van der Waals surface area contributed by atoms with Gasteiger partial charge >= 0.3 is 5.97 Å². The number of carbonyl (C=O) groups excluding carboxylic acids is 1. The lowest BCUT2D eigenvalue weighted by atomic mass is 10.1. The van der Waals surface area contributed by atoms with Crippen LogP contribution in [0.5, 0.6) is 0 Å². The number of nitrogens with zero attached hydrogens (tertiary/aromatic N) is 1. The molecule has 0 aromatic carbocycles. The molecule has 0 spiro atoms. The van der Waals surface area contributed by atoms with Gasteiger partial charge in [0.2, 0.25) is 0 Å². The zero-order valence-electron chi connectivity index (χ0n) is 15.8. The van der Waals surface area contributed by atoms with Crippen LogP contribution in [0.3, 0.4) is 0 Å². The molecule has 1 heterocycles. The van der Waals surface area contributed by atoms with Crippen molar-refractivity contribution in [2.45, 2.75) is 65.0 Å². The lowest BCUT2D eigenvalue weighted by Gasteiger charge is -2.19. The third-order valence-electron chi connectivity index (χ3n) is 3.25. The zero-order chi connectivity index (χ0) is 17.8. The molecule has 25 heavy (non-hydrogen) atoms. The van der Waals surface area contributed by atoms with Crippen LogP contribution < -0.4 is 10.6 Å². The van der Waals surface area contributed by atoms with Crippen molar-refractivity contribution in [3.05, 3.63) is 22.4 Å². The molecule has 1 aromatic rings. The molecule has 0 aliphatic heterocycles. The molecule has 7 heteroatoms. The largest absolute Gasteiger partial charge is 0.460 e. The minimum Gasteiger partial charge on any atom is -0.460 e. The van der Waals surface area contributed by atoms with Gasteiger partial charge < -0.3 is 15.4 Å². The Kier molecular flexibility index (Phi) is 12.9. The van der Waals surface area contributed by atoms with E-state index in [0.717, 1.165) is 44.7 Å². The van der Waals surface area contributed by atoms with Gasteiger partial charge in [-0.05, 0) is 45.1 Å². The number of ether oxygens (including phenoxy) is 1. The van der Waals surface area contributed by atoms with Crippen LogP contribution in [0.2, 0.25) is 0 Å². The molecule has 1 rings (SSSR count). The second kappa shape index (κ2) is 13.4. The van der Waals surface area contributed by atoms with Crippen LogP contribution in [0.1, 0.15) is 57.8 Å². The fourth-order valence-electron chi connectivity index (χ4n) is 2.15. The van der Waals surface area contributed by atoms with Gasteiger partial charge in [0.15, 0.2) is 5.96 Å². The Bertz CT molecular complexity index is 499. The average Bonchev–Trinajstić information content (AvgIpc) is 3.00. The van der Waals surface area contributed by atoms with Gasteiger partial charge in [-0.25, -0.2) is 0 Å². The van der Waals surface area contributed by atoms with Crippen molar-refractivity contribution >= 4 is 47.2 Å². The summed E-state index contributed by atoms with van der Waals surface area (Å²) in [5.74, 6) is 0.732. The number of nitrogens with one attached hydrogen (secondary N) is 2. The Morgan fingerprint density at radius 2 is 1.92 bits per heavy atom. The van der Waals surface area contributed by atoms with E-state index >= 15 is 0 Å². The zero-order valence-corrected chi connectivity index (χ0v) is 18.9. The fraction of sp³-hybridized carbons (Fsp3) is 0.667. The van der Waals surface area contributed by atoms with Gasteiger partial charge in [0, 0.05) is 24.9 Å². The van der Waals surface area contributed by atoms with Gasteiger partial charge in [0.05, 0.1) is 6.54 Å². The molecule has 0 radical (unpaired) electrons. The second-order valence-corrected chi connectivity index (χ2v) is 7.71. The standard InChI is InChI=1S/C18H31N3O2S.HI/c1-18(2,3)23-16(22)11-7-5-6-8-12-20-17(19-4)21-14-15-10-9-13-24-15;/h9-10,13H,5-8,11-12,14H2,1-4H3,(H2,19,20,21);1H. The SMILES string of the molecule is CN=C(NCCCCCCC(=O)OC(C)(C)C)NCc1cccs1.I. The van der Waals surface area contributed by atoms with E-state index in [4.69, 9.17) is 4.74 Å². The third-order valence-corrected chi connectivity index (χ3v) is 4.13. The smallest absolute Gasteiger partial charge is 0.306 e. The van der Waals surface area contributed by atoms with Crippen molar-refractivity contribution in [2.75, 3.05) is 13.6 Å². The second-order valence-electron chi connectivity index (χ2n) is 6.68. The Hall–Kier alpha value is -0.830. The number of thiophene rings is 1. The van der Waals surface area contributed by atoms with Crippen LogP contribution in [0, 0.1) is 0 Å². The lowest BCUT2D eigenvalue weighted by Crippen LogP contribution is -2.37. The Balaban J connectivity index is 0.00000576. The van der Waals surface area contributed by atoms with Gasteiger partial charge in [0.1, 0.15) is 5.60 Å². The first-order chi connectivity index (χ1) is 11.4. The van der Waals surface area contributed by atoms with Crippen LogP contribution in [0.25, 0.3) is 0 Å². The number of hydrogen-bond donors (Lipinski definition) is 2. The average molecular weight is 481 g/mol. The molecule has 2 N–H and O–H groups in total. The van der Waals surface area contributed by atoms with Crippen molar-refractivity contribution in [2.24, 2.45) is 4.99 Å². The van der Waals surface area contributed by atoms with E-state index in [1.165, 1.54) is 4.88 Å². The predicted octanol–water partition coefficient (Wildman–Crippen LogP) is 4.32. The third kappa shape index (κ3) is 13.1. The highest BCUT2D eigenvalue weighted by molar-refractivity contribution is 14.0. The van der Waals surface area contributed by atoms with Gasteiger partial charge in [-0.15, -0.1) is 35.3 Å². The quantitative estimate of drug-likeness (QED) is 0.181. The van der Waals surface area contributed by atoms with Crippen LogP contribution in [0.4, 0.5) is 0 Å².